The van der Waals surface area contributed by atoms with Gasteiger partial charge in [-0.1, -0.05) is 11.6 Å². The second kappa shape index (κ2) is 6.54. The van der Waals surface area contributed by atoms with Gasteiger partial charge in [-0.3, -0.25) is 4.98 Å². The molecule has 4 aromatic rings. The fourth-order valence-electron chi connectivity index (χ4n) is 2.91. The quantitative estimate of drug-likeness (QED) is 0.528. The third-order valence-electron chi connectivity index (χ3n) is 4.12. The molecule has 6 heteroatoms. The number of fused-ring (bicyclic) bond motifs is 1. The number of aromatic carboxylic acids is 1. The number of anilines is 2. The van der Waals surface area contributed by atoms with Crippen molar-refractivity contribution in [3.8, 4) is 5.69 Å². The van der Waals surface area contributed by atoms with E-state index in [1.54, 1.807) is 24.5 Å². The van der Waals surface area contributed by atoms with Gasteiger partial charge in [0.1, 0.15) is 0 Å². The van der Waals surface area contributed by atoms with E-state index in [4.69, 9.17) is 11.6 Å². The molecule has 0 fully saturated rings. The van der Waals surface area contributed by atoms with Crippen LogP contribution in [0.4, 0.5) is 11.4 Å². The maximum absolute atomic E-state index is 11.4. The van der Waals surface area contributed by atoms with Gasteiger partial charge in [-0.2, -0.15) is 0 Å². The third kappa shape index (κ3) is 3.00. The van der Waals surface area contributed by atoms with E-state index >= 15 is 0 Å². The van der Waals surface area contributed by atoms with Crippen LogP contribution in [-0.4, -0.2) is 20.6 Å². The van der Waals surface area contributed by atoms with Crippen LogP contribution in [0.2, 0.25) is 5.02 Å². The number of rotatable bonds is 4. The fourth-order valence-corrected chi connectivity index (χ4v) is 3.08. The highest BCUT2D eigenvalue weighted by Crippen LogP contribution is 2.28. The van der Waals surface area contributed by atoms with Gasteiger partial charge < -0.3 is 15.0 Å². The Morgan fingerprint density at radius 2 is 1.85 bits per heavy atom. The summed E-state index contributed by atoms with van der Waals surface area (Å²) in [6.07, 6.45) is 5.50. The first kappa shape index (κ1) is 16.2. The largest absolute Gasteiger partial charge is 0.478 e. The normalized spacial score (nSPS) is 10.8. The van der Waals surface area contributed by atoms with Crippen LogP contribution >= 0.6 is 11.6 Å². The van der Waals surface area contributed by atoms with Gasteiger partial charge in [0.2, 0.25) is 0 Å². The van der Waals surface area contributed by atoms with Gasteiger partial charge in [-0.05, 0) is 54.6 Å². The number of aromatic nitrogens is 2. The van der Waals surface area contributed by atoms with Crippen LogP contribution in [-0.2, 0) is 0 Å². The molecule has 0 aliphatic rings. The molecule has 0 aliphatic heterocycles. The molecule has 0 bridgehead atoms. The second-order valence-electron chi connectivity index (χ2n) is 5.78. The molecule has 0 aliphatic carbocycles. The Morgan fingerprint density at radius 1 is 1.04 bits per heavy atom. The van der Waals surface area contributed by atoms with E-state index in [-0.39, 0.29) is 5.56 Å². The standard InChI is InChI=1S/C20H14ClN3O2/c21-14-1-3-18(17(12-14)20(25)26)23-15-2-4-19-13(11-15)7-10-24(19)16-5-8-22-9-6-16/h1-12,23H,(H,25,26). The molecule has 0 saturated carbocycles. The molecule has 5 nitrogen and oxygen atoms in total. The van der Waals surface area contributed by atoms with Crippen LogP contribution in [0.25, 0.3) is 16.6 Å². The molecule has 0 atom stereocenters. The summed E-state index contributed by atoms with van der Waals surface area (Å²) in [7, 11) is 0. The van der Waals surface area contributed by atoms with Crippen molar-refractivity contribution < 1.29 is 9.90 Å². The van der Waals surface area contributed by atoms with Crippen LogP contribution in [0.3, 0.4) is 0 Å². The molecular weight excluding hydrogens is 350 g/mol. The highest BCUT2D eigenvalue weighted by molar-refractivity contribution is 6.31. The summed E-state index contributed by atoms with van der Waals surface area (Å²) in [5.74, 6) is -1.03. The molecule has 0 saturated heterocycles. The Bertz CT molecular complexity index is 1110. The number of carboxylic acid groups (broad SMARTS) is 1. The topological polar surface area (TPSA) is 67.2 Å². The third-order valence-corrected chi connectivity index (χ3v) is 4.36. The molecule has 128 valence electrons. The van der Waals surface area contributed by atoms with Crippen LogP contribution in [0.15, 0.2) is 73.2 Å². The number of hydrogen-bond donors (Lipinski definition) is 2. The number of nitrogens with zero attached hydrogens (tertiary/aromatic N) is 2. The Kier molecular flexibility index (Phi) is 4.07. The van der Waals surface area contributed by atoms with Crippen molar-refractivity contribution in [2.24, 2.45) is 0 Å². The zero-order valence-electron chi connectivity index (χ0n) is 13.6. The molecule has 2 aromatic carbocycles. The summed E-state index contributed by atoms with van der Waals surface area (Å²) in [6.45, 7) is 0. The van der Waals surface area contributed by atoms with E-state index in [0.29, 0.717) is 10.7 Å². The van der Waals surface area contributed by atoms with E-state index in [1.165, 1.54) is 6.07 Å². The van der Waals surface area contributed by atoms with Crippen molar-refractivity contribution in [2.75, 3.05) is 5.32 Å². The molecule has 0 unspecified atom stereocenters. The highest BCUT2D eigenvalue weighted by Gasteiger charge is 2.11. The summed E-state index contributed by atoms with van der Waals surface area (Å²) < 4.78 is 2.08. The lowest BCUT2D eigenvalue weighted by Crippen LogP contribution is -2.02. The Morgan fingerprint density at radius 3 is 2.62 bits per heavy atom. The van der Waals surface area contributed by atoms with Crippen molar-refractivity contribution in [1.82, 2.24) is 9.55 Å². The van der Waals surface area contributed by atoms with Crippen LogP contribution in [0, 0.1) is 0 Å². The molecule has 26 heavy (non-hydrogen) atoms. The number of benzene rings is 2. The molecule has 0 spiro atoms. The monoisotopic (exact) mass is 363 g/mol. The van der Waals surface area contributed by atoms with Crippen molar-refractivity contribution in [2.45, 2.75) is 0 Å². The van der Waals surface area contributed by atoms with Gasteiger partial charge in [-0.15, -0.1) is 0 Å². The first-order valence-electron chi connectivity index (χ1n) is 7.93. The Balaban J connectivity index is 1.71. The van der Waals surface area contributed by atoms with Gasteiger partial charge in [0.05, 0.1) is 16.8 Å². The molecular formula is C20H14ClN3O2. The van der Waals surface area contributed by atoms with E-state index in [0.717, 1.165) is 22.3 Å². The molecule has 4 rings (SSSR count). The minimum atomic E-state index is -1.03. The number of halogens is 1. The number of carboxylic acids is 1. The summed E-state index contributed by atoms with van der Waals surface area (Å²) in [6, 6.07) is 16.6. The predicted octanol–water partition coefficient (Wildman–Crippen LogP) is 5.12. The number of nitrogens with one attached hydrogen (secondary N) is 1. The first-order valence-corrected chi connectivity index (χ1v) is 8.31. The lowest BCUT2D eigenvalue weighted by Gasteiger charge is -2.11. The van der Waals surface area contributed by atoms with Crippen molar-refractivity contribution in [3.05, 3.63) is 83.8 Å². The average Bonchev–Trinajstić information content (AvgIpc) is 3.07. The van der Waals surface area contributed by atoms with E-state index in [2.05, 4.69) is 14.9 Å². The van der Waals surface area contributed by atoms with Crippen LogP contribution in [0.1, 0.15) is 10.4 Å². The highest BCUT2D eigenvalue weighted by atomic mass is 35.5. The smallest absolute Gasteiger partial charge is 0.337 e. The summed E-state index contributed by atoms with van der Waals surface area (Å²) in [5, 5.41) is 14.0. The van der Waals surface area contributed by atoms with E-state index < -0.39 is 5.97 Å². The van der Waals surface area contributed by atoms with Crippen molar-refractivity contribution in [1.29, 1.82) is 0 Å². The van der Waals surface area contributed by atoms with Crippen LogP contribution in [0.5, 0.6) is 0 Å². The molecule has 0 amide bonds. The Labute approximate surface area is 154 Å². The average molecular weight is 364 g/mol. The predicted molar refractivity (Wildman–Crippen MR) is 103 cm³/mol. The van der Waals surface area contributed by atoms with Crippen molar-refractivity contribution >= 4 is 39.8 Å². The summed E-state index contributed by atoms with van der Waals surface area (Å²) in [5.41, 5.74) is 3.51. The maximum atomic E-state index is 11.4. The van der Waals surface area contributed by atoms with Gasteiger partial charge in [0.15, 0.2) is 0 Å². The van der Waals surface area contributed by atoms with Crippen LogP contribution < -0.4 is 5.32 Å². The molecule has 2 N–H and O–H groups in total. The van der Waals surface area contributed by atoms with Gasteiger partial charge in [0.25, 0.3) is 0 Å². The first-order chi connectivity index (χ1) is 12.6. The number of hydrogen-bond acceptors (Lipinski definition) is 3. The van der Waals surface area contributed by atoms with Crippen molar-refractivity contribution in [3.63, 3.8) is 0 Å². The van der Waals surface area contributed by atoms with Gasteiger partial charge in [-0.25, -0.2) is 4.79 Å². The minimum Gasteiger partial charge on any atom is -0.478 e. The SMILES string of the molecule is O=C(O)c1cc(Cl)ccc1Nc1ccc2c(ccn2-c2ccncc2)c1. The Hall–Kier alpha value is -3.31. The molecule has 2 aromatic heterocycles. The zero-order chi connectivity index (χ0) is 18.1. The van der Waals surface area contributed by atoms with Gasteiger partial charge in [0, 0.05) is 40.4 Å². The van der Waals surface area contributed by atoms with E-state index in [9.17, 15) is 9.90 Å². The number of carbonyl (C=O) groups is 1. The van der Waals surface area contributed by atoms with E-state index in [1.807, 2.05) is 42.6 Å². The zero-order valence-corrected chi connectivity index (χ0v) is 14.3. The maximum Gasteiger partial charge on any atom is 0.337 e. The molecule has 2 heterocycles. The number of pyridine rings is 1. The second-order valence-corrected chi connectivity index (χ2v) is 6.22. The summed E-state index contributed by atoms with van der Waals surface area (Å²) >= 11 is 5.90. The lowest BCUT2D eigenvalue weighted by molar-refractivity contribution is 0.0698. The summed E-state index contributed by atoms with van der Waals surface area (Å²) in [4.78, 5) is 15.5. The fraction of sp³-hybridized carbons (Fsp3) is 0. The van der Waals surface area contributed by atoms with Gasteiger partial charge >= 0.3 is 5.97 Å². The lowest BCUT2D eigenvalue weighted by atomic mass is 10.1. The minimum absolute atomic E-state index is 0.131. The molecule has 0 radical (unpaired) electrons.